The molecule has 0 aromatic rings. The molecule has 5 N–H and O–H groups in total. The molecule has 2 heterocycles. The Morgan fingerprint density at radius 1 is 1.24 bits per heavy atom. The number of imide groups is 1. The summed E-state index contributed by atoms with van der Waals surface area (Å²) in [6, 6.07) is -0.750. The van der Waals surface area contributed by atoms with E-state index in [4.69, 9.17) is 24.3 Å². The Bertz CT molecular complexity index is 630. The molecule has 25 heavy (non-hydrogen) atoms. The molecule has 2 aliphatic heterocycles. The van der Waals surface area contributed by atoms with E-state index in [-0.39, 0.29) is 13.0 Å². The van der Waals surface area contributed by atoms with Gasteiger partial charge in [-0.3, -0.25) is 24.1 Å². The van der Waals surface area contributed by atoms with Gasteiger partial charge in [0.2, 0.25) is 5.91 Å². The van der Waals surface area contributed by atoms with E-state index < -0.39 is 58.5 Å². The van der Waals surface area contributed by atoms with Crippen molar-refractivity contribution in [2.24, 2.45) is 5.92 Å². The van der Waals surface area contributed by atoms with Crippen molar-refractivity contribution in [3.63, 3.8) is 0 Å². The maximum atomic E-state index is 11.9. The van der Waals surface area contributed by atoms with Gasteiger partial charge in [0.1, 0.15) is 18.4 Å². The van der Waals surface area contributed by atoms with Crippen molar-refractivity contribution in [1.29, 1.82) is 0 Å². The zero-order valence-electron chi connectivity index (χ0n) is 12.9. The van der Waals surface area contributed by atoms with Crippen molar-refractivity contribution in [2.45, 2.75) is 31.8 Å². The molecule has 144 valence electrons. The third kappa shape index (κ3) is 5.81. The van der Waals surface area contributed by atoms with E-state index in [0.29, 0.717) is 0 Å². The van der Waals surface area contributed by atoms with E-state index in [9.17, 15) is 18.7 Å². The molecule has 15 heteroatoms. The van der Waals surface area contributed by atoms with Crippen LogP contribution in [0.15, 0.2) is 0 Å². The predicted octanol–water partition coefficient (Wildman–Crippen LogP) is -1.12. The fourth-order valence-corrected chi connectivity index (χ4v) is 3.43. The Balaban J connectivity index is 2.10. The van der Waals surface area contributed by atoms with Gasteiger partial charge in [-0.15, -0.1) is 0 Å². The van der Waals surface area contributed by atoms with Crippen LogP contribution in [0.3, 0.4) is 0 Å². The molecule has 0 aromatic carbocycles. The molecule has 2 fully saturated rings. The first-order valence-corrected chi connectivity index (χ1v) is 10.1. The highest BCUT2D eigenvalue weighted by Crippen LogP contribution is 2.44. The summed E-state index contributed by atoms with van der Waals surface area (Å²) in [5.41, 5.74) is 0. The number of hydrogen-bond acceptors (Lipinski definition) is 7. The Morgan fingerprint density at radius 3 is 2.44 bits per heavy atom. The molecule has 0 spiro atoms. The first-order chi connectivity index (χ1) is 11.4. The second-order valence-corrected chi connectivity index (χ2v) is 8.06. The number of hydrogen-bond donors (Lipinski definition) is 5. The van der Waals surface area contributed by atoms with E-state index in [1.54, 1.807) is 6.92 Å². The van der Waals surface area contributed by atoms with E-state index >= 15 is 0 Å². The fourth-order valence-electron chi connectivity index (χ4n) is 2.51. The highest BCUT2D eigenvalue weighted by atomic mass is 31.2. The van der Waals surface area contributed by atoms with E-state index in [1.165, 1.54) is 0 Å². The van der Waals surface area contributed by atoms with Crippen LogP contribution >= 0.6 is 15.6 Å². The van der Waals surface area contributed by atoms with Gasteiger partial charge in [-0.25, -0.2) is 13.9 Å². The highest BCUT2D eigenvalue weighted by molar-refractivity contribution is 7.46. The maximum absolute atomic E-state index is 11.9. The normalized spacial score (nSPS) is 31.3. The number of carbonyl (C=O) groups is 2. The smallest absolute Gasteiger partial charge is 0.350 e. The van der Waals surface area contributed by atoms with Crippen LogP contribution in [0.1, 0.15) is 13.3 Å². The lowest BCUT2D eigenvalue weighted by Gasteiger charge is -2.34. The summed E-state index contributed by atoms with van der Waals surface area (Å²) in [4.78, 5) is 59.9. The topological polar surface area (TPSA) is 192 Å². The SMILES string of the molecule is CC1CN(C2CC(OP(=O)(O)O)C(COP(=O)(O)O)O2)C(=O)NC1=O. The highest BCUT2D eigenvalue weighted by Gasteiger charge is 2.46. The second-order valence-electron chi connectivity index (χ2n) is 5.63. The van der Waals surface area contributed by atoms with Gasteiger partial charge >= 0.3 is 21.7 Å². The van der Waals surface area contributed by atoms with Crippen LogP contribution in [0.2, 0.25) is 0 Å². The molecule has 2 saturated heterocycles. The largest absolute Gasteiger partial charge is 0.469 e. The number of urea groups is 1. The number of phosphoric acid groups is 2. The molecule has 2 aliphatic rings. The van der Waals surface area contributed by atoms with E-state index in [1.807, 2.05) is 0 Å². The lowest BCUT2D eigenvalue weighted by molar-refractivity contribution is -0.128. The van der Waals surface area contributed by atoms with E-state index in [0.717, 1.165) is 4.90 Å². The third-order valence-corrected chi connectivity index (χ3v) is 4.65. The van der Waals surface area contributed by atoms with Gasteiger partial charge in [-0.05, 0) is 0 Å². The zero-order chi connectivity index (χ0) is 19.0. The molecule has 0 bridgehead atoms. The second kappa shape index (κ2) is 7.39. The van der Waals surface area contributed by atoms with Crippen molar-refractivity contribution >= 4 is 27.6 Å². The van der Waals surface area contributed by atoms with Crippen LogP contribution in [0.4, 0.5) is 4.79 Å². The molecule has 3 amide bonds. The monoisotopic (exact) mass is 404 g/mol. The molecular formula is C10H18N2O11P2. The van der Waals surface area contributed by atoms with Crippen molar-refractivity contribution in [1.82, 2.24) is 10.2 Å². The van der Waals surface area contributed by atoms with Gasteiger partial charge in [0, 0.05) is 13.0 Å². The third-order valence-electron chi connectivity index (χ3n) is 3.62. The van der Waals surface area contributed by atoms with Crippen LogP contribution in [-0.4, -0.2) is 68.0 Å². The number of nitrogens with one attached hydrogen (secondary N) is 1. The Hall–Kier alpha value is -0.880. The first-order valence-electron chi connectivity index (χ1n) is 7.06. The Labute approximate surface area is 141 Å². The summed E-state index contributed by atoms with van der Waals surface area (Å²) >= 11 is 0. The molecule has 4 atom stereocenters. The number of rotatable bonds is 6. The summed E-state index contributed by atoms with van der Waals surface area (Å²) in [5, 5.41) is 2.11. The van der Waals surface area contributed by atoms with Crippen molar-refractivity contribution < 1.29 is 52.1 Å². The molecule has 13 nitrogen and oxygen atoms in total. The standard InChI is InChI=1S/C10H18N2O11P2/c1-5-3-12(10(14)11-9(5)13)8-2-6(23-25(18,19)20)7(22-8)4-21-24(15,16)17/h5-8H,2-4H2,1H3,(H,11,13,14)(H2,15,16,17)(H2,18,19,20). The minimum atomic E-state index is -4.92. The molecule has 0 radical (unpaired) electrons. The molecule has 0 aromatic heterocycles. The van der Waals surface area contributed by atoms with E-state index in [2.05, 4.69) is 14.4 Å². The van der Waals surface area contributed by atoms with Crippen molar-refractivity contribution in [3.05, 3.63) is 0 Å². The van der Waals surface area contributed by atoms with Crippen LogP contribution < -0.4 is 5.32 Å². The molecular weight excluding hydrogens is 386 g/mol. The van der Waals surface area contributed by atoms with Gasteiger partial charge < -0.3 is 24.3 Å². The average Bonchev–Trinajstić information content (AvgIpc) is 2.80. The van der Waals surface area contributed by atoms with Crippen LogP contribution in [0.5, 0.6) is 0 Å². The van der Waals surface area contributed by atoms with Crippen LogP contribution in [0, 0.1) is 5.92 Å². The first kappa shape index (κ1) is 20.4. The Morgan fingerprint density at radius 2 is 1.88 bits per heavy atom. The zero-order valence-corrected chi connectivity index (χ0v) is 14.7. The van der Waals surface area contributed by atoms with Crippen molar-refractivity contribution in [2.75, 3.05) is 13.2 Å². The fraction of sp³-hybridized carbons (Fsp3) is 0.800. The quantitative estimate of drug-likeness (QED) is 0.337. The Kier molecular flexibility index (Phi) is 6.04. The average molecular weight is 404 g/mol. The summed E-state index contributed by atoms with van der Waals surface area (Å²) in [5.74, 6) is -1.00. The molecule has 0 aliphatic carbocycles. The lowest BCUT2D eigenvalue weighted by Crippen LogP contribution is -2.57. The summed E-state index contributed by atoms with van der Waals surface area (Å²) in [6.45, 7) is 0.862. The number of phosphoric ester groups is 2. The van der Waals surface area contributed by atoms with Gasteiger partial charge in [0.05, 0.1) is 12.5 Å². The summed E-state index contributed by atoms with van der Waals surface area (Å²) in [6.07, 6.45) is -3.73. The van der Waals surface area contributed by atoms with Gasteiger partial charge in [0.25, 0.3) is 0 Å². The maximum Gasteiger partial charge on any atom is 0.469 e. The number of ether oxygens (including phenoxy) is 1. The lowest BCUT2D eigenvalue weighted by atomic mass is 10.1. The van der Waals surface area contributed by atoms with Gasteiger partial charge in [-0.2, -0.15) is 0 Å². The van der Waals surface area contributed by atoms with Gasteiger partial charge in [-0.1, -0.05) is 6.92 Å². The number of amides is 3. The van der Waals surface area contributed by atoms with Crippen LogP contribution in [0.25, 0.3) is 0 Å². The minimum absolute atomic E-state index is 0.00400. The molecule has 0 saturated carbocycles. The van der Waals surface area contributed by atoms with Gasteiger partial charge in [0.15, 0.2) is 0 Å². The summed E-state index contributed by atoms with van der Waals surface area (Å²) in [7, 11) is -9.77. The number of nitrogens with zero attached hydrogens (tertiary/aromatic N) is 1. The van der Waals surface area contributed by atoms with Crippen LogP contribution in [-0.2, 0) is 27.7 Å². The predicted molar refractivity (Wildman–Crippen MR) is 77.6 cm³/mol. The van der Waals surface area contributed by atoms with Crippen molar-refractivity contribution in [3.8, 4) is 0 Å². The summed E-state index contributed by atoms with van der Waals surface area (Å²) < 4.78 is 36.1. The number of carbonyl (C=O) groups excluding carboxylic acids is 2. The molecule has 2 rings (SSSR count). The minimum Gasteiger partial charge on any atom is -0.350 e. The molecule has 4 unspecified atom stereocenters.